The number of pyridine rings is 1. The van der Waals surface area contributed by atoms with Crippen LogP contribution >= 0.6 is 11.8 Å². The molecule has 0 fully saturated rings. The lowest BCUT2D eigenvalue weighted by Crippen LogP contribution is -2.21. The van der Waals surface area contributed by atoms with Crippen molar-refractivity contribution in [3.05, 3.63) is 50.7 Å². The maximum absolute atomic E-state index is 12.1. The molecule has 0 bridgehead atoms. The number of ether oxygens (including phenoxy) is 1. The molecule has 0 saturated carbocycles. The van der Waals surface area contributed by atoms with Gasteiger partial charge in [-0.3, -0.25) is 9.59 Å². The van der Waals surface area contributed by atoms with Crippen LogP contribution in [0.2, 0.25) is 0 Å². The maximum atomic E-state index is 12.1. The average Bonchev–Trinajstić information content (AvgIpc) is 2.64. The van der Waals surface area contributed by atoms with Gasteiger partial charge in [0.1, 0.15) is 5.56 Å². The molecule has 0 unspecified atom stereocenters. The quantitative estimate of drug-likeness (QED) is 0.617. The molecule has 0 atom stereocenters. The van der Waals surface area contributed by atoms with Crippen LogP contribution in [0.5, 0.6) is 11.5 Å². The molecule has 3 rings (SSSR count). The van der Waals surface area contributed by atoms with Crippen LogP contribution in [0.15, 0.2) is 34.4 Å². The van der Waals surface area contributed by atoms with E-state index in [9.17, 15) is 19.6 Å². The fourth-order valence-electron chi connectivity index (χ4n) is 3.00. The van der Waals surface area contributed by atoms with E-state index in [1.165, 1.54) is 12.3 Å². The number of thioether (sulfide) groups is 1. The van der Waals surface area contributed by atoms with Gasteiger partial charge in [-0.1, -0.05) is 0 Å². The van der Waals surface area contributed by atoms with Gasteiger partial charge in [-0.2, -0.15) is 11.8 Å². The van der Waals surface area contributed by atoms with Crippen molar-refractivity contribution in [2.45, 2.75) is 19.4 Å². The molecule has 1 aromatic heterocycles. The molecule has 1 N–H and O–H groups in total. The molecule has 0 aliphatic carbocycles. The second-order valence-corrected chi connectivity index (χ2v) is 6.93. The Labute approximate surface area is 154 Å². The Balaban J connectivity index is 1.95. The number of fused-ring (bicyclic) bond motifs is 3. The molecule has 1 aliphatic heterocycles. The molecule has 1 aromatic carbocycles. The number of aryl methyl sites for hydroxylation is 2. The fourth-order valence-corrected chi connectivity index (χ4v) is 3.41. The lowest BCUT2D eigenvalue weighted by atomic mass is 9.96. The highest BCUT2D eigenvalue weighted by atomic mass is 32.2. The Kier molecular flexibility index (Phi) is 5.41. The number of hydrogen-bond acceptors (Lipinski definition) is 6. The third-order valence-electron chi connectivity index (χ3n) is 4.27. The summed E-state index contributed by atoms with van der Waals surface area (Å²) >= 11 is 1.74. The molecule has 2 heterocycles. The van der Waals surface area contributed by atoms with Crippen molar-refractivity contribution in [1.82, 2.24) is 4.57 Å². The number of aromatic nitrogens is 1. The van der Waals surface area contributed by atoms with Crippen LogP contribution in [0.4, 0.5) is 0 Å². The predicted octanol–water partition coefficient (Wildman–Crippen LogP) is 2.82. The van der Waals surface area contributed by atoms with E-state index in [2.05, 4.69) is 5.18 Å². The van der Waals surface area contributed by atoms with Gasteiger partial charge >= 0.3 is 5.91 Å². The molecular weight excluding hydrogens is 356 g/mol. The first-order valence-electron chi connectivity index (χ1n) is 8.15. The molecule has 0 spiro atoms. The zero-order valence-corrected chi connectivity index (χ0v) is 15.0. The number of carbonyl (C=O) groups excluding carboxylic acids is 1. The van der Waals surface area contributed by atoms with Crippen molar-refractivity contribution in [3.63, 3.8) is 0 Å². The second kappa shape index (κ2) is 7.74. The molecule has 1 aliphatic rings. The van der Waals surface area contributed by atoms with E-state index >= 15 is 0 Å². The van der Waals surface area contributed by atoms with Gasteiger partial charge in [0.05, 0.1) is 12.3 Å². The van der Waals surface area contributed by atoms with Gasteiger partial charge in [-0.05, 0) is 42.5 Å². The normalized spacial score (nSPS) is 12.2. The molecule has 2 aromatic rings. The Morgan fingerprint density at radius 1 is 1.38 bits per heavy atom. The number of phenolic OH excluding ortho intramolecular Hbond substituents is 1. The number of nitrogens with zero attached hydrogens (tertiary/aromatic N) is 2. The van der Waals surface area contributed by atoms with Crippen LogP contribution in [-0.4, -0.2) is 34.2 Å². The average molecular weight is 374 g/mol. The highest BCUT2D eigenvalue weighted by Gasteiger charge is 2.22. The minimum Gasteiger partial charge on any atom is -0.504 e. The van der Waals surface area contributed by atoms with Crippen LogP contribution in [0.25, 0.3) is 11.3 Å². The summed E-state index contributed by atoms with van der Waals surface area (Å²) in [6.45, 7) is 1.06. The predicted molar refractivity (Wildman–Crippen MR) is 100 cm³/mol. The van der Waals surface area contributed by atoms with E-state index < -0.39 is 11.3 Å². The van der Waals surface area contributed by atoms with Crippen molar-refractivity contribution in [2.75, 3.05) is 18.6 Å². The van der Waals surface area contributed by atoms with Crippen LogP contribution in [0.1, 0.15) is 22.3 Å². The van der Waals surface area contributed by atoms with Crippen molar-refractivity contribution in [2.24, 2.45) is 5.18 Å². The summed E-state index contributed by atoms with van der Waals surface area (Å²) in [5.41, 5.74) is 1.44. The summed E-state index contributed by atoms with van der Waals surface area (Å²) in [5.74, 6) is 0.340. The van der Waals surface area contributed by atoms with Crippen molar-refractivity contribution < 1.29 is 14.6 Å². The van der Waals surface area contributed by atoms with Gasteiger partial charge in [-0.25, -0.2) is 0 Å². The number of hydrogen-bond donors (Lipinski definition) is 1. The van der Waals surface area contributed by atoms with E-state index in [0.29, 0.717) is 36.6 Å². The van der Waals surface area contributed by atoms with E-state index in [1.807, 2.05) is 6.26 Å². The van der Waals surface area contributed by atoms with Crippen LogP contribution in [-0.2, 0) is 13.0 Å². The van der Waals surface area contributed by atoms with Crippen molar-refractivity contribution in [3.8, 4) is 22.8 Å². The zero-order valence-electron chi connectivity index (χ0n) is 14.2. The summed E-state index contributed by atoms with van der Waals surface area (Å²) in [6, 6.07) is 4.67. The largest absolute Gasteiger partial charge is 0.504 e. The van der Waals surface area contributed by atoms with Crippen molar-refractivity contribution >= 4 is 17.7 Å². The number of amides is 1. The highest BCUT2D eigenvalue weighted by molar-refractivity contribution is 7.98. The van der Waals surface area contributed by atoms with Gasteiger partial charge in [0.15, 0.2) is 16.9 Å². The smallest absolute Gasteiger partial charge is 0.322 e. The van der Waals surface area contributed by atoms with Crippen LogP contribution < -0.4 is 10.2 Å². The third kappa shape index (κ3) is 3.50. The number of carbonyl (C=O) groups is 1. The minimum absolute atomic E-state index is 0.00325. The van der Waals surface area contributed by atoms with Crippen molar-refractivity contribution in [1.29, 1.82) is 0 Å². The number of benzene rings is 1. The van der Waals surface area contributed by atoms with Gasteiger partial charge in [-0.15, -0.1) is 4.91 Å². The minimum atomic E-state index is -1.08. The molecule has 136 valence electrons. The lowest BCUT2D eigenvalue weighted by molar-refractivity contribution is 0.0999. The summed E-state index contributed by atoms with van der Waals surface area (Å²) in [6.07, 6.45) is 4.92. The number of aromatic hydroxyl groups is 1. The lowest BCUT2D eigenvalue weighted by Gasteiger charge is -2.23. The zero-order chi connectivity index (χ0) is 18.7. The summed E-state index contributed by atoms with van der Waals surface area (Å²) in [5, 5.41) is 12.6. The molecule has 1 amide bonds. The molecule has 26 heavy (non-hydrogen) atoms. The van der Waals surface area contributed by atoms with Gasteiger partial charge in [0.25, 0.3) is 0 Å². The Morgan fingerprint density at radius 3 is 2.92 bits per heavy atom. The number of nitroso groups, excluding NO2 is 1. The first-order valence-corrected chi connectivity index (χ1v) is 9.54. The Hall–Kier alpha value is -2.61. The molecule has 8 heteroatoms. The van der Waals surface area contributed by atoms with E-state index in [-0.39, 0.29) is 11.3 Å². The van der Waals surface area contributed by atoms with E-state index in [0.717, 1.165) is 17.7 Å². The topological polar surface area (TPSA) is 98.0 Å². The first-order chi connectivity index (χ1) is 12.5. The molecule has 0 radical (unpaired) electrons. The Morgan fingerprint density at radius 2 is 2.19 bits per heavy atom. The second-order valence-electron chi connectivity index (χ2n) is 5.95. The SMILES string of the molecule is CSCCCOc1cc2c(cc1O)-c1cc(=O)c(C(=O)N=O)cn1CC2. The standard InChI is InChI=1S/C18H18N2O5S/c1-26-6-2-5-25-17-7-11-3-4-20-10-13(18(23)19-24)15(21)9-14(20)12(11)8-16(17)22/h7-10,22H,2-6H2,1H3. The number of rotatable bonds is 6. The number of phenols is 1. The van der Waals surface area contributed by atoms with Crippen LogP contribution in [0, 0.1) is 4.91 Å². The Bertz CT molecular complexity index is 923. The summed E-state index contributed by atoms with van der Waals surface area (Å²) in [4.78, 5) is 34.0. The van der Waals surface area contributed by atoms with Gasteiger partial charge in [0, 0.05) is 29.5 Å². The molecular formula is C18H18N2O5S. The summed E-state index contributed by atoms with van der Waals surface area (Å²) in [7, 11) is 0. The maximum Gasteiger partial charge on any atom is 0.322 e. The van der Waals surface area contributed by atoms with E-state index in [1.54, 1.807) is 28.5 Å². The summed E-state index contributed by atoms with van der Waals surface area (Å²) < 4.78 is 7.38. The van der Waals surface area contributed by atoms with E-state index in [4.69, 9.17) is 4.74 Å². The van der Waals surface area contributed by atoms with Crippen LogP contribution in [0.3, 0.4) is 0 Å². The molecule has 7 nitrogen and oxygen atoms in total. The highest BCUT2D eigenvalue weighted by Crippen LogP contribution is 2.37. The molecule has 0 saturated heterocycles. The monoisotopic (exact) mass is 374 g/mol. The third-order valence-corrected chi connectivity index (χ3v) is 4.97. The first kappa shape index (κ1) is 18.2. The fraction of sp³-hybridized carbons (Fsp3) is 0.333. The van der Waals surface area contributed by atoms with Gasteiger partial charge in [0.2, 0.25) is 0 Å². The van der Waals surface area contributed by atoms with Gasteiger partial charge < -0.3 is 14.4 Å².